The van der Waals surface area contributed by atoms with E-state index in [4.69, 9.17) is 11.6 Å². The first-order valence-electron chi connectivity index (χ1n) is 6.54. The highest BCUT2D eigenvalue weighted by Crippen LogP contribution is 2.33. The van der Waals surface area contributed by atoms with E-state index in [9.17, 15) is 4.79 Å². The Balaban J connectivity index is 2.16. The first-order valence-corrected chi connectivity index (χ1v) is 8.06. The fourth-order valence-corrected chi connectivity index (χ4v) is 3.75. The van der Waals surface area contributed by atoms with E-state index in [1.54, 1.807) is 23.2 Å². The SMILES string of the molecule is Cn1c(=O)n(C)c2cc(C(Cl)c3ccccc3I)ccc21. The molecule has 0 N–H and O–H groups in total. The molecule has 5 heteroatoms. The summed E-state index contributed by atoms with van der Waals surface area (Å²) >= 11 is 8.93. The normalized spacial score (nSPS) is 12.8. The van der Waals surface area contributed by atoms with Gasteiger partial charge in [-0.15, -0.1) is 11.6 Å². The number of alkyl halides is 1. The molecule has 1 atom stereocenters. The maximum atomic E-state index is 12.0. The van der Waals surface area contributed by atoms with Gasteiger partial charge in [0.2, 0.25) is 0 Å². The van der Waals surface area contributed by atoms with E-state index in [-0.39, 0.29) is 11.1 Å². The molecular weight excluding hydrogens is 399 g/mol. The molecule has 3 aromatic rings. The minimum absolute atomic E-state index is 0.0254. The smallest absolute Gasteiger partial charge is 0.295 e. The van der Waals surface area contributed by atoms with Crippen molar-refractivity contribution in [2.75, 3.05) is 0 Å². The van der Waals surface area contributed by atoms with Gasteiger partial charge in [-0.2, -0.15) is 0 Å². The summed E-state index contributed by atoms with van der Waals surface area (Å²) in [5.41, 5.74) is 3.87. The zero-order chi connectivity index (χ0) is 15.1. The van der Waals surface area contributed by atoms with Gasteiger partial charge in [-0.3, -0.25) is 9.13 Å². The lowest BCUT2D eigenvalue weighted by atomic mass is 10.0. The van der Waals surface area contributed by atoms with Gasteiger partial charge in [0.25, 0.3) is 0 Å². The van der Waals surface area contributed by atoms with Crippen LogP contribution in [0.25, 0.3) is 11.0 Å². The number of benzene rings is 2. The van der Waals surface area contributed by atoms with Crippen molar-refractivity contribution in [1.29, 1.82) is 0 Å². The summed E-state index contributed by atoms with van der Waals surface area (Å²) < 4.78 is 4.43. The zero-order valence-corrected chi connectivity index (χ0v) is 14.6. The molecule has 3 nitrogen and oxygen atoms in total. The van der Waals surface area contributed by atoms with Crippen molar-refractivity contribution in [3.05, 3.63) is 67.6 Å². The van der Waals surface area contributed by atoms with Crippen molar-refractivity contribution < 1.29 is 0 Å². The summed E-state index contributed by atoms with van der Waals surface area (Å²) in [7, 11) is 3.56. The first kappa shape index (κ1) is 14.7. The highest BCUT2D eigenvalue weighted by atomic mass is 127. The van der Waals surface area contributed by atoms with Gasteiger partial charge < -0.3 is 0 Å². The number of imidazole rings is 1. The van der Waals surface area contributed by atoms with Crippen molar-refractivity contribution in [2.45, 2.75) is 5.38 Å². The van der Waals surface area contributed by atoms with E-state index in [0.717, 1.165) is 25.7 Å². The molecule has 0 aliphatic carbocycles. The van der Waals surface area contributed by atoms with Crippen LogP contribution in [-0.2, 0) is 14.1 Å². The Hall–Kier alpha value is -1.27. The maximum Gasteiger partial charge on any atom is 0.328 e. The Morgan fingerprint density at radius 2 is 1.71 bits per heavy atom. The fraction of sp³-hybridized carbons (Fsp3) is 0.188. The summed E-state index contributed by atoms with van der Waals surface area (Å²) in [6.07, 6.45) is 0. The molecule has 21 heavy (non-hydrogen) atoms. The third-order valence-electron chi connectivity index (χ3n) is 3.77. The van der Waals surface area contributed by atoms with Crippen molar-refractivity contribution in [3.63, 3.8) is 0 Å². The minimum Gasteiger partial charge on any atom is -0.295 e. The Labute approximate surface area is 141 Å². The number of aryl methyl sites for hydroxylation is 2. The molecule has 108 valence electrons. The largest absolute Gasteiger partial charge is 0.328 e. The van der Waals surface area contributed by atoms with E-state index < -0.39 is 0 Å². The fourth-order valence-electron chi connectivity index (χ4n) is 2.54. The lowest BCUT2D eigenvalue weighted by Crippen LogP contribution is -2.19. The summed E-state index contributed by atoms with van der Waals surface area (Å²) in [6, 6.07) is 14.0. The van der Waals surface area contributed by atoms with Crippen LogP contribution in [0, 0.1) is 3.57 Å². The number of fused-ring (bicyclic) bond motifs is 1. The zero-order valence-electron chi connectivity index (χ0n) is 11.7. The Morgan fingerprint density at radius 1 is 1.05 bits per heavy atom. The number of hydrogen-bond donors (Lipinski definition) is 0. The van der Waals surface area contributed by atoms with Crippen molar-refractivity contribution in [2.24, 2.45) is 14.1 Å². The van der Waals surface area contributed by atoms with Crippen LogP contribution in [0.1, 0.15) is 16.5 Å². The molecule has 0 saturated heterocycles. The molecular formula is C16H14ClIN2O. The molecule has 2 aromatic carbocycles. The summed E-state index contributed by atoms with van der Waals surface area (Å²) in [6.45, 7) is 0. The van der Waals surface area contributed by atoms with Crippen LogP contribution in [0.4, 0.5) is 0 Å². The monoisotopic (exact) mass is 412 g/mol. The first-order chi connectivity index (χ1) is 10.0. The van der Waals surface area contributed by atoms with Gasteiger partial charge in [0.1, 0.15) is 0 Å². The number of rotatable bonds is 2. The Morgan fingerprint density at radius 3 is 2.43 bits per heavy atom. The Kier molecular flexibility index (Phi) is 3.84. The van der Waals surface area contributed by atoms with E-state index in [0.29, 0.717) is 0 Å². The van der Waals surface area contributed by atoms with E-state index in [1.807, 2.05) is 42.5 Å². The minimum atomic E-state index is -0.224. The molecule has 1 aromatic heterocycles. The van der Waals surface area contributed by atoms with Crippen LogP contribution in [0.15, 0.2) is 47.3 Å². The molecule has 0 aliphatic rings. The molecule has 0 aliphatic heterocycles. The van der Waals surface area contributed by atoms with Gasteiger partial charge in [-0.1, -0.05) is 24.3 Å². The average molecular weight is 413 g/mol. The van der Waals surface area contributed by atoms with Crippen LogP contribution in [-0.4, -0.2) is 9.13 Å². The highest BCUT2D eigenvalue weighted by molar-refractivity contribution is 14.1. The molecule has 0 saturated carbocycles. The highest BCUT2D eigenvalue weighted by Gasteiger charge is 2.16. The van der Waals surface area contributed by atoms with Crippen LogP contribution in [0.2, 0.25) is 0 Å². The summed E-state index contributed by atoms with van der Waals surface area (Å²) in [5.74, 6) is 0. The predicted molar refractivity (Wildman–Crippen MR) is 95.0 cm³/mol. The van der Waals surface area contributed by atoms with Gasteiger partial charge in [0.15, 0.2) is 0 Å². The lowest BCUT2D eigenvalue weighted by Gasteiger charge is -2.12. The van der Waals surface area contributed by atoms with E-state index in [2.05, 4.69) is 22.6 Å². The molecule has 0 spiro atoms. The van der Waals surface area contributed by atoms with E-state index in [1.165, 1.54) is 0 Å². The van der Waals surface area contributed by atoms with Crippen molar-refractivity contribution in [3.8, 4) is 0 Å². The summed E-state index contributed by atoms with van der Waals surface area (Å²) in [4.78, 5) is 12.0. The molecule has 0 bridgehead atoms. The quantitative estimate of drug-likeness (QED) is 0.464. The molecule has 0 radical (unpaired) electrons. The van der Waals surface area contributed by atoms with Gasteiger partial charge >= 0.3 is 5.69 Å². The van der Waals surface area contributed by atoms with Crippen LogP contribution in [0.5, 0.6) is 0 Å². The van der Waals surface area contributed by atoms with Gasteiger partial charge in [-0.25, -0.2) is 4.79 Å². The molecule has 1 heterocycles. The molecule has 0 amide bonds. The van der Waals surface area contributed by atoms with Crippen molar-refractivity contribution >= 4 is 45.2 Å². The van der Waals surface area contributed by atoms with Gasteiger partial charge in [0.05, 0.1) is 16.4 Å². The second-order valence-corrected chi connectivity index (χ2v) is 6.63. The molecule has 3 rings (SSSR count). The number of aromatic nitrogens is 2. The second-order valence-electron chi connectivity index (χ2n) is 5.03. The Bertz CT molecular complexity index is 882. The molecule has 0 fully saturated rings. The number of hydrogen-bond acceptors (Lipinski definition) is 1. The van der Waals surface area contributed by atoms with Gasteiger partial charge in [-0.05, 0) is 51.9 Å². The third-order valence-corrected chi connectivity index (χ3v) is 5.24. The molecule has 1 unspecified atom stereocenters. The van der Waals surface area contributed by atoms with E-state index >= 15 is 0 Å². The van der Waals surface area contributed by atoms with Crippen molar-refractivity contribution in [1.82, 2.24) is 9.13 Å². The lowest BCUT2D eigenvalue weighted by molar-refractivity contribution is 0.795. The standard InChI is InChI=1S/C16H14ClIN2O/c1-19-13-8-7-10(9-14(13)20(2)16(19)21)15(17)11-5-3-4-6-12(11)18/h3-9,15H,1-2H3. The third kappa shape index (κ3) is 2.40. The number of halogens is 2. The van der Waals surface area contributed by atoms with Crippen LogP contribution < -0.4 is 5.69 Å². The predicted octanol–water partition coefficient (Wildman–Crippen LogP) is 3.81. The number of nitrogens with zero attached hydrogens (tertiary/aromatic N) is 2. The van der Waals surface area contributed by atoms with Crippen LogP contribution >= 0.6 is 34.2 Å². The average Bonchev–Trinajstić information content (AvgIpc) is 2.71. The topological polar surface area (TPSA) is 26.9 Å². The van der Waals surface area contributed by atoms with Gasteiger partial charge in [0, 0.05) is 17.7 Å². The maximum absolute atomic E-state index is 12.0. The van der Waals surface area contributed by atoms with Crippen LogP contribution in [0.3, 0.4) is 0 Å². The second kappa shape index (κ2) is 5.50. The summed E-state index contributed by atoms with van der Waals surface area (Å²) in [5, 5.41) is -0.224.